The van der Waals surface area contributed by atoms with E-state index in [1.54, 1.807) is 0 Å². The van der Waals surface area contributed by atoms with Crippen LogP contribution in [0.25, 0.3) is 0 Å². The SMILES string of the molecule is CNCC1COC(=O)N1C1CCCCCC1. The Bertz CT molecular complexity index is 237. The smallest absolute Gasteiger partial charge is 0.410 e. The van der Waals surface area contributed by atoms with Gasteiger partial charge < -0.3 is 10.1 Å². The maximum absolute atomic E-state index is 11.7. The van der Waals surface area contributed by atoms with Gasteiger partial charge in [-0.2, -0.15) is 0 Å². The molecule has 0 spiro atoms. The summed E-state index contributed by atoms with van der Waals surface area (Å²) in [5.74, 6) is 0. The summed E-state index contributed by atoms with van der Waals surface area (Å²) < 4.78 is 5.17. The van der Waals surface area contributed by atoms with Crippen molar-refractivity contribution in [3.8, 4) is 0 Å². The molecule has 16 heavy (non-hydrogen) atoms. The van der Waals surface area contributed by atoms with Crippen molar-refractivity contribution in [2.24, 2.45) is 0 Å². The number of ether oxygens (including phenoxy) is 1. The van der Waals surface area contributed by atoms with Crippen LogP contribution >= 0.6 is 0 Å². The highest BCUT2D eigenvalue weighted by atomic mass is 16.6. The minimum Gasteiger partial charge on any atom is -0.447 e. The fourth-order valence-corrected chi connectivity index (χ4v) is 2.85. The van der Waals surface area contributed by atoms with Crippen molar-refractivity contribution in [3.05, 3.63) is 0 Å². The molecule has 2 rings (SSSR count). The largest absolute Gasteiger partial charge is 0.447 e. The molecular weight excluding hydrogens is 204 g/mol. The van der Waals surface area contributed by atoms with Crippen LogP contribution in [0.5, 0.6) is 0 Å². The first-order valence-corrected chi connectivity index (χ1v) is 6.42. The van der Waals surface area contributed by atoms with Crippen LogP contribution in [-0.4, -0.2) is 43.3 Å². The number of amides is 1. The molecule has 0 bridgehead atoms. The molecule has 1 atom stereocenters. The van der Waals surface area contributed by atoms with Crippen LogP contribution < -0.4 is 5.32 Å². The molecule has 1 aliphatic carbocycles. The van der Waals surface area contributed by atoms with Crippen LogP contribution in [0.1, 0.15) is 38.5 Å². The summed E-state index contributed by atoms with van der Waals surface area (Å²) >= 11 is 0. The molecule has 0 aromatic carbocycles. The lowest BCUT2D eigenvalue weighted by atomic mass is 10.1. The van der Waals surface area contributed by atoms with Gasteiger partial charge >= 0.3 is 6.09 Å². The monoisotopic (exact) mass is 226 g/mol. The van der Waals surface area contributed by atoms with Crippen LogP contribution in [0.4, 0.5) is 4.79 Å². The van der Waals surface area contributed by atoms with Crippen molar-refractivity contribution < 1.29 is 9.53 Å². The third-order valence-corrected chi connectivity index (χ3v) is 3.66. The first kappa shape index (κ1) is 11.7. The van der Waals surface area contributed by atoms with Crippen LogP contribution in [0.3, 0.4) is 0 Å². The molecule has 1 amide bonds. The van der Waals surface area contributed by atoms with Gasteiger partial charge in [0.05, 0.1) is 6.04 Å². The summed E-state index contributed by atoms with van der Waals surface area (Å²) in [7, 11) is 1.92. The van der Waals surface area contributed by atoms with Gasteiger partial charge in [0.25, 0.3) is 0 Å². The molecule has 4 nitrogen and oxygen atoms in total. The standard InChI is InChI=1S/C12H22N2O2/c1-13-8-11-9-16-12(15)14(11)10-6-4-2-3-5-7-10/h10-11,13H,2-9H2,1H3. The van der Waals surface area contributed by atoms with E-state index >= 15 is 0 Å². The van der Waals surface area contributed by atoms with Gasteiger partial charge in [0.15, 0.2) is 0 Å². The molecule has 1 saturated carbocycles. The number of rotatable bonds is 3. The van der Waals surface area contributed by atoms with Crippen molar-refractivity contribution >= 4 is 6.09 Å². The van der Waals surface area contributed by atoms with Gasteiger partial charge in [0.2, 0.25) is 0 Å². The lowest BCUT2D eigenvalue weighted by molar-refractivity contribution is 0.139. The molecular formula is C12H22N2O2. The number of hydrogen-bond donors (Lipinski definition) is 1. The van der Waals surface area contributed by atoms with Gasteiger partial charge in [0.1, 0.15) is 6.61 Å². The Morgan fingerprint density at radius 3 is 2.62 bits per heavy atom. The lowest BCUT2D eigenvalue weighted by Crippen LogP contribution is -2.46. The highest BCUT2D eigenvalue weighted by molar-refractivity contribution is 5.70. The van der Waals surface area contributed by atoms with Gasteiger partial charge in [0, 0.05) is 12.6 Å². The van der Waals surface area contributed by atoms with Crippen LogP contribution in [0, 0.1) is 0 Å². The molecule has 4 heteroatoms. The number of nitrogens with one attached hydrogen (secondary N) is 1. The molecule has 0 aromatic rings. The third kappa shape index (κ3) is 2.48. The molecule has 0 radical (unpaired) electrons. The molecule has 2 fully saturated rings. The number of cyclic esters (lactones) is 1. The van der Waals surface area contributed by atoms with E-state index in [2.05, 4.69) is 5.32 Å². The predicted molar refractivity (Wildman–Crippen MR) is 62.4 cm³/mol. The number of carbonyl (C=O) groups is 1. The number of likely N-dealkylation sites (N-methyl/N-ethyl adjacent to an activating group) is 1. The summed E-state index contributed by atoms with van der Waals surface area (Å²) in [6, 6.07) is 0.649. The van der Waals surface area contributed by atoms with Crippen LogP contribution in [0.15, 0.2) is 0 Å². The minimum atomic E-state index is -0.104. The Hall–Kier alpha value is -0.770. The van der Waals surface area contributed by atoms with E-state index in [4.69, 9.17) is 4.74 Å². The molecule has 1 unspecified atom stereocenters. The van der Waals surface area contributed by atoms with Crippen LogP contribution in [-0.2, 0) is 4.74 Å². The van der Waals surface area contributed by atoms with Gasteiger partial charge in [-0.05, 0) is 19.9 Å². The third-order valence-electron chi connectivity index (χ3n) is 3.66. The Kier molecular flexibility index (Phi) is 4.04. The van der Waals surface area contributed by atoms with E-state index < -0.39 is 0 Å². The quantitative estimate of drug-likeness (QED) is 0.745. The molecule has 1 heterocycles. The Balaban J connectivity index is 2.00. The zero-order valence-corrected chi connectivity index (χ0v) is 10.1. The molecule has 92 valence electrons. The number of nitrogens with zero attached hydrogens (tertiary/aromatic N) is 1. The van der Waals surface area contributed by atoms with Gasteiger partial charge in [-0.3, -0.25) is 4.90 Å². The summed E-state index contributed by atoms with van der Waals surface area (Å²) in [6.45, 7) is 1.39. The fraction of sp³-hybridized carbons (Fsp3) is 0.917. The van der Waals surface area contributed by atoms with Crippen molar-refractivity contribution in [1.29, 1.82) is 0 Å². The van der Waals surface area contributed by atoms with E-state index in [9.17, 15) is 4.79 Å². The van der Waals surface area contributed by atoms with E-state index in [1.807, 2.05) is 11.9 Å². The summed E-state index contributed by atoms with van der Waals surface area (Å²) in [5, 5.41) is 3.14. The zero-order valence-electron chi connectivity index (χ0n) is 10.1. The Labute approximate surface area is 97.3 Å². The molecule has 1 N–H and O–H groups in total. The number of hydrogen-bond acceptors (Lipinski definition) is 3. The summed E-state index contributed by atoms with van der Waals surface area (Å²) in [5.41, 5.74) is 0. The average molecular weight is 226 g/mol. The predicted octanol–water partition coefficient (Wildman–Crippen LogP) is 1.75. The van der Waals surface area contributed by atoms with Crippen molar-refractivity contribution in [2.75, 3.05) is 20.2 Å². The van der Waals surface area contributed by atoms with Crippen LogP contribution in [0.2, 0.25) is 0 Å². The first-order chi connectivity index (χ1) is 7.83. The molecule has 0 aromatic heterocycles. The Morgan fingerprint density at radius 1 is 1.31 bits per heavy atom. The summed E-state index contributed by atoms with van der Waals surface area (Å²) in [6.07, 6.45) is 7.32. The summed E-state index contributed by atoms with van der Waals surface area (Å²) in [4.78, 5) is 13.7. The number of carbonyl (C=O) groups excluding carboxylic acids is 1. The fourth-order valence-electron chi connectivity index (χ4n) is 2.85. The van der Waals surface area contributed by atoms with Gasteiger partial charge in [-0.1, -0.05) is 25.7 Å². The van der Waals surface area contributed by atoms with E-state index in [0.29, 0.717) is 12.6 Å². The lowest BCUT2D eigenvalue weighted by Gasteiger charge is -2.29. The molecule has 1 saturated heterocycles. The van der Waals surface area contributed by atoms with E-state index in [0.717, 1.165) is 19.4 Å². The van der Waals surface area contributed by atoms with Crippen molar-refractivity contribution in [2.45, 2.75) is 50.6 Å². The first-order valence-electron chi connectivity index (χ1n) is 6.42. The zero-order chi connectivity index (χ0) is 11.4. The Morgan fingerprint density at radius 2 is 2.00 bits per heavy atom. The highest BCUT2D eigenvalue weighted by Crippen LogP contribution is 2.26. The minimum absolute atomic E-state index is 0.104. The van der Waals surface area contributed by atoms with Crippen molar-refractivity contribution in [1.82, 2.24) is 10.2 Å². The second-order valence-corrected chi connectivity index (χ2v) is 4.84. The normalized spacial score (nSPS) is 27.9. The maximum Gasteiger partial charge on any atom is 0.410 e. The van der Waals surface area contributed by atoms with Gasteiger partial charge in [-0.25, -0.2) is 4.79 Å². The van der Waals surface area contributed by atoms with E-state index in [1.165, 1.54) is 25.7 Å². The molecule has 2 aliphatic rings. The van der Waals surface area contributed by atoms with Gasteiger partial charge in [-0.15, -0.1) is 0 Å². The highest BCUT2D eigenvalue weighted by Gasteiger charge is 2.37. The second kappa shape index (κ2) is 5.53. The van der Waals surface area contributed by atoms with E-state index in [-0.39, 0.29) is 12.1 Å². The molecule has 1 aliphatic heterocycles. The average Bonchev–Trinajstić information content (AvgIpc) is 2.53. The maximum atomic E-state index is 11.7. The van der Waals surface area contributed by atoms with Crippen molar-refractivity contribution in [3.63, 3.8) is 0 Å². The topological polar surface area (TPSA) is 41.6 Å². The second-order valence-electron chi connectivity index (χ2n) is 4.84.